The molecule has 0 radical (unpaired) electrons. The molecule has 2 rings (SSSR count). The van der Waals surface area contributed by atoms with Crippen LogP contribution >= 0.6 is 11.3 Å². The summed E-state index contributed by atoms with van der Waals surface area (Å²) in [6, 6.07) is 4.41. The lowest BCUT2D eigenvalue weighted by Crippen LogP contribution is -2.14. The Morgan fingerprint density at radius 3 is 2.87 bits per heavy atom. The molecule has 2 aromatic rings. The van der Waals surface area contributed by atoms with Gasteiger partial charge in [-0.3, -0.25) is 4.98 Å². The van der Waals surface area contributed by atoms with Gasteiger partial charge in [-0.15, -0.1) is 11.3 Å². The summed E-state index contributed by atoms with van der Waals surface area (Å²) in [6.45, 7) is 6.90. The van der Waals surface area contributed by atoms with Gasteiger partial charge in [0, 0.05) is 17.3 Å². The van der Waals surface area contributed by atoms with Crippen LogP contribution in [0.1, 0.15) is 38.5 Å². The number of pyridine rings is 1. The highest BCUT2D eigenvalue weighted by Gasteiger charge is 2.21. The second-order valence-electron chi connectivity index (χ2n) is 4.66. The minimum atomic E-state index is 0.304. The van der Waals surface area contributed by atoms with Crippen LogP contribution in [0.4, 0.5) is 0 Å². The number of aromatic nitrogens is 1. The van der Waals surface area contributed by atoms with E-state index in [1.165, 1.54) is 27.8 Å². The third-order valence-corrected chi connectivity index (χ3v) is 4.32. The average molecular weight is 219 g/mol. The Labute approximate surface area is 95.2 Å². The van der Waals surface area contributed by atoms with Gasteiger partial charge in [-0.25, -0.2) is 0 Å². The monoisotopic (exact) mass is 219 g/mol. The van der Waals surface area contributed by atoms with Crippen LogP contribution in [0, 0.1) is 0 Å². The number of thiophene rings is 1. The lowest BCUT2D eigenvalue weighted by molar-refractivity contribution is 0.482. The smallest absolute Gasteiger partial charge is 0.0529 e. The Hall–Kier alpha value is -0.890. The fourth-order valence-electron chi connectivity index (χ4n) is 1.97. The highest BCUT2D eigenvalue weighted by atomic mass is 32.1. The zero-order valence-electron chi connectivity index (χ0n) is 9.58. The van der Waals surface area contributed by atoms with E-state index in [0.29, 0.717) is 5.41 Å². The maximum absolute atomic E-state index is 4.16. The van der Waals surface area contributed by atoms with Gasteiger partial charge in [0.2, 0.25) is 0 Å². The molecule has 2 aromatic heterocycles. The summed E-state index contributed by atoms with van der Waals surface area (Å²) in [7, 11) is 0. The minimum Gasteiger partial charge on any atom is -0.263 e. The van der Waals surface area contributed by atoms with Gasteiger partial charge >= 0.3 is 0 Å². The van der Waals surface area contributed by atoms with Crippen molar-refractivity contribution < 1.29 is 0 Å². The lowest BCUT2D eigenvalue weighted by Gasteiger charge is -2.21. The second-order valence-corrected chi connectivity index (χ2v) is 5.74. The predicted molar refractivity (Wildman–Crippen MR) is 67.6 cm³/mol. The van der Waals surface area contributed by atoms with Gasteiger partial charge < -0.3 is 0 Å². The van der Waals surface area contributed by atoms with Gasteiger partial charge in [0.15, 0.2) is 0 Å². The molecule has 0 aliphatic heterocycles. The van der Waals surface area contributed by atoms with Crippen LogP contribution in [0.3, 0.4) is 0 Å². The molecule has 15 heavy (non-hydrogen) atoms. The Bertz CT molecular complexity index is 423. The van der Waals surface area contributed by atoms with Crippen LogP contribution in [0.25, 0.3) is 10.1 Å². The summed E-state index contributed by atoms with van der Waals surface area (Å²) < 4.78 is 1.30. The predicted octanol–water partition coefficient (Wildman–Crippen LogP) is 4.37. The van der Waals surface area contributed by atoms with Crippen molar-refractivity contribution in [1.29, 1.82) is 0 Å². The fourth-order valence-corrected chi connectivity index (χ4v) is 3.13. The molecule has 0 saturated heterocycles. The molecule has 0 bridgehead atoms. The molecule has 0 amide bonds. The van der Waals surface area contributed by atoms with Crippen molar-refractivity contribution in [2.24, 2.45) is 0 Å². The summed E-state index contributed by atoms with van der Waals surface area (Å²) in [5.41, 5.74) is 0.304. The van der Waals surface area contributed by atoms with E-state index in [0.717, 1.165) is 0 Å². The van der Waals surface area contributed by atoms with Gasteiger partial charge in [0.25, 0.3) is 0 Å². The van der Waals surface area contributed by atoms with Gasteiger partial charge in [0.1, 0.15) is 0 Å². The molecule has 0 atom stereocenters. The van der Waals surface area contributed by atoms with Crippen molar-refractivity contribution in [3.05, 3.63) is 29.4 Å². The highest BCUT2D eigenvalue weighted by Crippen LogP contribution is 2.36. The molecule has 0 aromatic carbocycles. The largest absolute Gasteiger partial charge is 0.263 e. The quantitative estimate of drug-likeness (QED) is 0.746. The molecule has 0 N–H and O–H groups in total. The number of nitrogens with zero attached hydrogens (tertiary/aromatic N) is 1. The molecule has 0 unspecified atom stereocenters. The van der Waals surface area contributed by atoms with Crippen molar-refractivity contribution in [2.75, 3.05) is 0 Å². The standard InChI is InChI=1S/C13H17NS/c1-4-6-13(2,3)12-8-10-5-7-14-9-11(10)15-12/h5,7-9H,4,6H2,1-3H3. The van der Waals surface area contributed by atoms with Crippen molar-refractivity contribution in [3.63, 3.8) is 0 Å². The topological polar surface area (TPSA) is 12.9 Å². The van der Waals surface area contributed by atoms with Crippen molar-refractivity contribution in [3.8, 4) is 0 Å². The number of hydrogen-bond donors (Lipinski definition) is 0. The first-order valence-electron chi connectivity index (χ1n) is 5.47. The summed E-state index contributed by atoms with van der Waals surface area (Å²) in [4.78, 5) is 5.64. The van der Waals surface area contributed by atoms with E-state index in [9.17, 15) is 0 Å². The zero-order chi connectivity index (χ0) is 10.9. The summed E-state index contributed by atoms with van der Waals surface area (Å²) in [5, 5.41) is 1.33. The molecule has 0 aliphatic carbocycles. The van der Waals surface area contributed by atoms with Gasteiger partial charge in [-0.1, -0.05) is 27.2 Å². The molecule has 0 saturated carbocycles. The van der Waals surface area contributed by atoms with E-state index in [-0.39, 0.29) is 0 Å². The Balaban J connectivity index is 2.44. The Morgan fingerprint density at radius 1 is 1.40 bits per heavy atom. The fraction of sp³-hybridized carbons (Fsp3) is 0.462. The minimum absolute atomic E-state index is 0.304. The van der Waals surface area contributed by atoms with Crippen molar-refractivity contribution >= 4 is 21.4 Å². The van der Waals surface area contributed by atoms with Crippen LogP contribution in [0.2, 0.25) is 0 Å². The van der Waals surface area contributed by atoms with Crippen molar-refractivity contribution in [2.45, 2.75) is 39.0 Å². The summed E-state index contributed by atoms with van der Waals surface area (Å²) in [6.07, 6.45) is 6.31. The Morgan fingerprint density at radius 2 is 2.20 bits per heavy atom. The van der Waals surface area contributed by atoms with E-state index >= 15 is 0 Å². The number of hydrogen-bond acceptors (Lipinski definition) is 2. The SMILES string of the molecule is CCCC(C)(C)c1cc2ccncc2s1. The number of rotatable bonds is 3. The first-order chi connectivity index (χ1) is 7.13. The summed E-state index contributed by atoms with van der Waals surface area (Å²) >= 11 is 1.88. The Kier molecular flexibility index (Phi) is 2.79. The summed E-state index contributed by atoms with van der Waals surface area (Å²) in [5.74, 6) is 0. The highest BCUT2D eigenvalue weighted by molar-refractivity contribution is 7.19. The van der Waals surface area contributed by atoms with Gasteiger partial charge in [-0.2, -0.15) is 0 Å². The molecule has 0 spiro atoms. The first kappa shape index (κ1) is 10.6. The lowest BCUT2D eigenvalue weighted by atomic mass is 9.86. The maximum Gasteiger partial charge on any atom is 0.0529 e. The number of fused-ring (bicyclic) bond motifs is 1. The molecular formula is C13H17NS. The molecule has 2 heterocycles. The molecular weight excluding hydrogens is 202 g/mol. The third kappa shape index (κ3) is 2.05. The molecule has 2 heteroatoms. The molecule has 1 nitrogen and oxygen atoms in total. The third-order valence-electron chi connectivity index (χ3n) is 2.87. The van der Waals surface area contributed by atoms with E-state index < -0.39 is 0 Å². The van der Waals surface area contributed by atoms with E-state index in [1.54, 1.807) is 0 Å². The van der Waals surface area contributed by atoms with E-state index in [4.69, 9.17) is 0 Å². The van der Waals surface area contributed by atoms with Crippen LogP contribution in [-0.4, -0.2) is 4.98 Å². The van der Waals surface area contributed by atoms with Crippen LogP contribution in [0.5, 0.6) is 0 Å². The average Bonchev–Trinajstić information content (AvgIpc) is 2.61. The molecule has 0 fully saturated rings. The van der Waals surface area contributed by atoms with Gasteiger partial charge in [0.05, 0.1) is 4.70 Å². The van der Waals surface area contributed by atoms with Crippen molar-refractivity contribution in [1.82, 2.24) is 4.98 Å². The second kappa shape index (κ2) is 3.93. The van der Waals surface area contributed by atoms with Crippen LogP contribution in [0.15, 0.2) is 24.5 Å². The molecule has 80 valence electrons. The maximum atomic E-state index is 4.16. The first-order valence-corrected chi connectivity index (χ1v) is 6.29. The van der Waals surface area contributed by atoms with E-state index in [2.05, 4.69) is 37.9 Å². The zero-order valence-corrected chi connectivity index (χ0v) is 10.4. The van der Waals surface area contributed by atoms with E-state index in [1.807, 2.05) is 23.7 Å². The molecule has 0 aliphatic rings. The van der Waals surface area contributed by atoms with Gasteiger partial charge in [-0.05, 0) is 29.4 Å². The van der Waals surface area contributed by atoms with Crippen LogP contribution in [-0.2, 0) is 5.41 Å². The normalized spacial score (nSPS) is 12.2. The van der Waals surface area contributed by atoms with Crippen LogP contribution < -0.4 is 0 Å².